The minimum absolute atomic E-state index is 0.0683. The molecule has 16 heavy (non-hydrogen) atoms. The Morgan fingerprint density at radius 3 is 2.56 bits per heavy atom. The second-order valence-electron chi connectivity index (χ2n) is 5.47. The number of carbonyl (C=O) groups excluding carboxylic acids is 1. The van der Waals surface area contributed by atoms with Gasteiger partial charge in [-0.3, -0.25) is 9.69 Å². The molecule has 3 nitrogen and oxygen atoms in total. The van der Waals surface area contributed by atoms with E-state index in [1.54, 1.807) is 0 Å². The lowest BCUT2D eigenvalue weighted by Crippen LogP contribution is -2.46. The molecule has 2 aliphatic heterocycles. The first-order chi connectivity index (χ1) is 7.86. The molecular formula is C13H21NO2. The van der Waals surface area contributed by atoms with E-state index in [9.17, 15) is 4.79 Å². The minimum atomic E-state index is 0.0683. The Hall–Kier alpha value is -0.570. The zero-order valence-electron chi connectivity index (χ0n) is 9.86. The van der Waals surface area contributed by atoms with Gasteiger partial charge in [-0.25, -0.2) is 0 Å². The van der Waals surface area contributed by atoms with Crippen LogP contribution in [0.25, 0.3) is 0 Å². The molecule has 90 valence electrons. The summed E-state index contributed by atoms with van der Waals surface area (Å²) in [6.45, 7) is 2.20. The van der Waals surface area contributed by atoms with Crippen LogP contribution in [-0.4, -0.2) is 36.1 Å². The van der Waals surface area contributed by atoms with Crippen LogP contribution in [0, 0.1) is 5.92 Å². The van der Waals surface area contributed by atoms with Crippen molar-refractivity contribution in [1.82, 2.24) is 4.90 Å². The molecule has 0 N–H and O–H groups in total. The van der Waals surface area contributed by atoms with E-state index in [4.69, 9.17) is 4.74 Å². The summed E-state index contributed by atoms with van der Waals surface area (Å²) in [6, 6.07) is 0.102. The molecule has 0 radical (unpaired) electrons. The van der Waals surface area contributed by atoms with E-state index in [2.05, 4.69) is 4.90 Å². The first-order valence-electron chi connectivity index (χ1n) is 6.81. The van der Waals surface area contributed by atoms with Crippen LogP contribution in [0.2, 0.25) is 0 Å². The highest BCUT2D eigenvalue weighted by atomic mass is 16.6. The van der Waals surface area contributed by atoms with Crippen molar-refractivity contribution in [2.45, 2.75) is 57.1 Å². The Balaban J connectivity index is 1.74. The second kappa shape index (κ2) is 4.36. The predicted molar refractivity (Wildman–Crippen MR) is 61.1 cm³/mol. The predicted octanol–water partition coefficient (Wildman–Crippen LogP) is 1.96. The van der Waals surface area contributed by atoms with Gasteiger partial charge in [0.25, 0.3) is 0 Å². The van der Waals surface area contributed by atoms with Crippen LogP contribution in [0.1, 0.15) is 44.9 Å². The van der Waals surface area contributed by atoms with Gasteiger partial charge in [0.1, 0.15) is 12.1 Å². The largest absolute Gasteiger partial charge is 0.461 e. The zero-order chi connectivity index (χ0) is 11.0. The Kier molecular flexibility index (Phi) is 2.88. The summed E-state index contributed by atoms with van der Waals surface area (Å²) in [6.07, 6.45) is 8.88. The van der Waals surface area contributed by atoms with Gasteiger partial charge >= 0.3 is 5.97 Å². The summed E-state index contributed by atoms with van der Waals surface area (Å²) < 4.78 is 5.55. The maximum Gasteiger partial charge on any atom is 0.324 e. The second-order valence-corrected chi connectivity index (χ2v) is 5.47. The summed E-state index contributed by atoms with van der Waals surface area (Å²) >= 11 is 0. The molecule has 2 saturated heterocycles. The molecule has 3 heteroatoms. The number of likely N-dealkylation sites (tertiary alicyclic amines) is 1. The molecule has 3 fully saturated rings. The summed E-state index contributed by atoms with van der Waals surface area (Å²) in [7, 11) is 0. The number of ether oxygens (including phenoxy) is 1. The fourth-order valence-electron chi connectivity index (χ4n) is 3.64. The van der Waals surface area contributed by atoms with Crippen molar-refractivity contribution in [2.75, 3.05) is 13.1 Å². The number of piperidine rings is 1. The highest BCUT2D eigenvalue weighted by Gasteiger charge is 2.48. The van der Waals surface area contributed by atoms with E-state index < -0.39 is 0 Å². The van der Waals surface area contributed by atoms with Crippen molar-refractivity contribution in [2.24, 2.45) is 5.92 Å². The molecule has 0 unspecified atom stereocenters. The molecule has 3 rings (SSSR count). The average molecular weight is 223 g/mol. The Labute approximate surface area is 97.1 Å². The van der Waals surface area contributed by atoms with Gasteiger partial charge in [-0.05, 0) is 45.2 Å². The Morgan fingerprint density at radius 2 is 1.75 bits per heavy atom. The van der Waals surface area contributed by atoms with Gasteiger partial charge in [0.05, 0.1) is 0 Å². The molecule has 1 aliphatic carbocycles. The summed E-state index contributed by atoms with van der Waals surface area (Å²) in [4.78, 5) is 14.4. The van der Waals surface area contributed by atoms with Gasteiger partial charge in [0.15, 0.2) is 0 Å². The highest BCUT2D eigenvalue weighted by Crippen LogP contribution is 2.38. The highest BCUT2D eigenvalue weighted by molar-refractivity contribution is 5.78. The van der Waals surface area contributed by atoms with Crippen LogP contribution < -0.4 is 0 Å². The third-order valence-corrected chi connectivity index (χ3v) is 4.45. The molecule has 0 amide bonds. The molecular weight excluding hydrogens is 202 g/mol. The van der Waals surface area contributed by atoms with Crippen LogP contribution in [0.15, 0.2) is 0 Å². The SMILES string of the molecule is O=C1O[C@@H]2CCCC[C@@H]2[C@@H]1N1CCCCC1. The minimum Gasteiger partial charge on any atom is -0.461 e. The fraction of sp³-hybridized carbons (Fsp3) is 0.923. The fourth-order valence-corrected chi connectivity index (χ4v) is 3.64. The lowest BCUT2D eigenvalue weighted by molar-refractivity contribution is -0.145. The van der Waals surface area contributed by atoms with Gasteiger partial charge in [-0.15, -0.1) is 0 Å². The number of hydrogen-bond acceptors (Lipinski definition) is 3. The molecule has 1 saturated carbocycles. The van der Waals surface area contributed by atoms with Gasteiger partial charge < -0.3 is 4.74 Å². The lowest BCUT2D eigenvalue weighted by atomic mass is 9.82. The van der Waals surface area contributed by atoms with Crippen LogP contribution >= 0.6 is 0 Å². The third kappa shape index (κ3) is 1.75. The first kappa shape index (κ1) is 10.6. The van der Waals surface area contributed by atoms with Crippen molar-refractivity contribution in [3.8, 4) is 0 Å². The summed E-state index contributed by atoms with van der Waals surface area (Å²) in [5.74, 6) is 0.568. The van der Waals surface area contributed by atoms with E-state index in [1.807, 2.05) is 0 Å². The number of esters is 1. The summed E-state index contributed by atoms with van der Waals surface area (Å²) in [5.41, 5.74) is 0. The third-order valence-electron chi connectivity index (χ3n) is 4.45. The van der Waals surface area contributed by atoms with Crippen LogP contribution in [0.3, 0.4) is 0 Å². The average Bonchev–Trinajstić information content (AvgIpc) is 2.66. The topological polar surface area (TPSA) is 29.5 Å². The summed E-state index contributed by atoms with van der Waals surface area (Å²) in [5, 5.41) is 0. The number of fused-ring (bicyclic) bond motifs is 1. The maximum atomic E-state index is 12.0. The van der Waals surface area contributed by atoms with Crippen molar-refractivity contribution in [3.63, 3.8) is 0 Å². The normalized spacial score (nSPS) is 40.5. The Morgan fingerprint density at radius 1 is 1.00 bits per heavy atom. The van der Waals surface area contributed by atoms with Crippen LogP contribution in [0.5, 0.6) is 0 Å². The van der Waals surface area contributed by atoms with Crippen molar-refractivity contribution < 1.29 is 9.53 Å². The van der Waals surface area contributed by atoms with Gasteiger partial charge in [-0.1, -0.05) is 12.8 Å². The smallest absolute Gasteiger partial charge is 0.324 e. The van der Waals surface area contributed by atoms with Gasteiger partial charge in [-0.2, -0.15) is 0 Å². The van der Waals surface area contributed by atoms with Crippen molar-refractivity contribution in [1.29, 1.82) is 0 Å². The number of nitrogens with zero attached hydrogens (tertiary/aromatic N) is 1. The first-order valence-corrected chi connectivity index (χ1v) is 6.81. The van der Waals surface area contributed by atoms with Crippen molar-refractivity contribution >= 4 is 5.97 Å². The van der Waals surface area contributed by atoms with Crippen molar-refractivity contribution in [3.05, 3.63) is 0 Å². The van der Waals surface area contributed by atoms with E-state index >= 15 is 0 Å². The van der Waals surface area contributed by atoms with Gasteiger partial charge in [0, 0.05) is 5.92 Å². The molecule has 0 aromatic rings. The lowest BCUT2D eigenvalue weighted by Gasteiger charge is -2.34. The zero-order valence-corrected chi connectivity index (χ0v) is 9.86. The standard InChI is InChI=1S/C13H21NO2/c15-13-12(14-8-4-1-5-9-14)10-6-2-3-7-11(10)16-13/h10-12H,1-9H2/t10-,11+,12-/m0/s1. The van der Waals surface area contributed by atoms with Gasteiger partial charge in [0.2, 0.25) is 0 Å². The quantitative estimate of drug-likeness (QED) is 0.636. The molecule has 0 spiro atoms. The molecule has 2 heterocycles. The maximum absolute atomic E-state index is 12.0. The molecule has 3 aliphatic rings. The monoisotopic (exact) mass is 223 g/mol. The molecule has 3 atom stereocenters. The van der Waals surface area contributed by atoms with E-state index in [0.29, 0.717) is 5.92 Å². The van der Waals surface area contributed by atoms with E-state index in [1.165, 1.54) is 38.5 Å². The molecule has 0 aromatic heterocycles. The van der Waals surface area contributed by atoms with Crippen LogP contribution in [-0.2, 0) is 9.53 Å². The molecule has 0 bridgehead atoms. The van der Waals surface area contributed by atoms with E-state index in [0.717, 1.165) is 19.5 Å². The number of rotatable bonds is 1. The Bertz CT molecular complexity index is 273. The number of carbonyl (C=O) groups is 1. The van der Waals surface area contributed by atoms with Crippen LogP contribution in [0.4, 0.5) is 0 Å². The molecule has 0 aromatic carbocycles. The van der Waals surface area contributed by atoms with E-state index in [-0.39, 0.29) is 18.1 Å². The number of hydrogen-bond donors (Lipinski definition) is 0.